The number of hydrogen-bond acceptors (Lipinski definition) is 1. The van der Waals surface area contributed by atoms with E-state index in [1.165, 1.54) is 31.5 Å². The van der Waals surface area contributed by atoms with Crippen molar-refractivity contribution in [2.45, 2.75) is 19.4 Å². The smallest absolute Gasteiger partial charge is 0.104 e. The fourth-order valence-corrected chi connectivity index (χ4v) is 2.12. The lowest BCUT2D eigenvalue weighted by Gasteiger charge is -2.30. The maximum absolute atomic E-state index is 2.32. The predicted octanol–water partition coefficient (Wildman–Crippen LogP) is 2.60. The van der Waals surface area contributed by atoms with Gasteiger partial charge in [0.25, 0.3) is 0 Å². The van der Waals surface area contributed by atoms with Crippen molar-refractivity contribution >= 4 is 0 Å². The van der Waals surface area contributed by atoms with E-state index in [1.807, 2.05) is 0 Å². The molecule has 2 nitrogen and oxygen atoms in total. The third-order valence-corrected chi connectivity index (χ3v) is 3.07. The van der Waals surface area contributed by atoms with Gasteiger partial charge < -0.3 is 9.38 Å². The summed E-state index contributed by atoms with van der Waals surface area (Å²) in [6, 6.07) is 10.8. The molecule has 1 rings (SSSR count). The van der Waals surface area contributed by atoms with Crippen LogP contribution in [0.15, 0.2) is 30.3 Å². The first-order chi connectivity index (χ1) is 7.99. The lowest BCUT2D eigenvalue weighted by atomic mass is 10.2. The Labute approximate surface area is 106 Å². The van der Waals surface area contributed by atoms with Gasteiger partial charge >= 0.3 is 0 Å². The molecular formula is C15H27N2+. The SMILES string of the molecule is CN(C)CCCC[N+](C)(C)Cc1ccccc1. The van der Waals surface area contributed by atoms with Gasteiger partial charge in [0.2, 0.25) is 0 Å². The van der Waals surface area contributed by atoms with Gasteiger partial charge in [-0.2, -0.15) is 0 Å². The van der Waals surface area contributed by atoms with Crippen LogP contribution in [-0.2, 0) is 6.54 Å². The largest absolute Gasteiger partial charge is 0.325 e. The highest BCUT2D eigenvalue weighted by molar-refractivity contribution is 5.13. The fourth-order valence-electron chi connectivity index (χ4n) is 2.12. The van der Waals surface area contributed by atoms with Crippen LogP contribution in [0.1, 0.15) is 18.4 Å². The molecule has 96 valence electrons. The van der Waals surface area contributed by atoms with E-state index in [9.17, 15) is 0 Å². The first-order valence-electron chi connectivity index (χ1n) is 6.50. The van der Waals surface area contributed by atoms with Gasteiger partial charge in [-0.25, -0.2) is 0 Å². The Morgan fingerprint density at radius 3 is 2.24 bits per heavy atom. The summed E-state index contributed by atoms with van der Waals surface area (Å²) in [5, 5.41) is 0. The van der Waals surface area contributed by atoms with Crippen molar-refractivity contribution in [1.29, 1.82) is 0 Å². The van der Waals surface area contributed by atoms with E-state index in [1.54, 1.807) is 0 Å². The number of unbranched alkanes of at least 4 members (excludes halogenated alkanes) is 1. The summed E-state index contributed by atoms with van der Waals surface area (Å²) in [5.74, 6) is 0. The predicted molar refractivity (Wildman–Crippen MR) is 74.9 cm³/mol. The topological polar surface area (TPSA) is 3.24 Å². The monoisotopic (exact) mass is 235 g/mol. The third kappa shape index (κ3) is 6.44. The molecule has 17 heavy (non-hydrogen) atoms. The molecule has 1 aromatic rings. The van der Waals surface area contributed by atoms with Gasteiger partial charge in [0.05, 0.1) is 20.6 Å². The van der Waals surface area contributed by atoms with E-state index in [0.29, 0.717) is 0 Å². The minimum absolute atomic E-state index is 1.08. The van der Waals surface area contributed by atoms with Crippen LogP contribution < -0.4 is 0 Å². The molecular weight excluding hydrogens is 208 g/mol. The molecule has 1 aromatic carbocycles. The van der Waals surface area contributed by atoms with E-state index in [0.717, 1.165) is 11.0 Å². The van der Waals surface area contributed by atoms with Crippen molar-refractivity contribution in [3.63, 3.8) is 0 Å². The normalized spacial score (nSPS) is 12.1. The molecule has 0 aliphatic rings. The molecule has 2 heteroatoms. The van der Waals surface area contributed by atoms with Gasteiger partial charge in [0.15, 0.2) is 0 Å². The summed E-state index contributed by atoms with van der Waals surface area (Å²) in [6.07, 6.45) is 2.60. The molecule has 0 bridgehead atoms. The van der Waals surface area contributed by atoms with Crippen molar-refractivity contribution < 1.29 is 4.48 Å². The van der Waals surface area contributed by atoms with Crippen molar-refractivity contribution in [3.05, 3.63) is 35.9 Å². The van der Waals surface area contributed by atoms with E-state index in [4.69, 9.17) is 0 Å². The Bertz CT molecular complexity index is 304. The lowest BCUT2D eigenvalue weighted by molar-refractivity contribution is -0.903. The van der Waals surface area contributed by atoms with Gasteiger partial charge in [-0.3, -0.25) is 0 Å². The lowest BCUT2D eigenvalue weighted by Crippen LogP contribution is -2.39. The average molecular weight is 235 g/mol. The van der Waals surface area contributed by atoms with Crippen LogP contribution in [0.2, 0.25) is 0 Å². The summed E-state index contributed by atoms with van der Waals surface area (Å²) >= 11 is 0. The van der Waals surface area contributed by atoms with Crippen LogP contribution in [0, 0.1) is 0 Å². The highest BCUT2D eigenvalue weighted by atomic mass is 15.3. The van der Waals surface area contributed by atoms with Gasteiger partial charge in [-0.1, -0.05) is 30.3 Å². The Morgan fingerprint density at radius 2 is 1.65 bits per heavy atom. The van der Waals surface area contributed by atoms with Crippen LogP contribution >= 0.6 is 0 Å². The molecule has 0 amide bonds. The highest BCUT2D eigenvalue weighted by Crippen LogP contribution is 2.10. The summed E-state index contributed by atoms with van der Waals surface area (Å²) < 4.78 is 1.08. The molecule has 0 fully saturated rings. The van der Waals surface area contributed by atoms with E-state index in [2.05, 4.69) is 63.4 Å². The molecule has 0 aliphatic carbocycles. The zero-order valence-corrected chi connectivity index (χ0v) is 11.8. The fraction of sp³-hybridized carbons (Fsp3) is 0.600. The summed E-state index contributed by atoms with van der Waals surface area (Å²) in [4.78, 5) is 2.26. The van der Waals surface area contributed by atoms with E-state index in [-0.39, 0.29) is 0 Å². The Hall–Kier alpha value is -0.860. The Morgan fingerprint density at radius 1 is 1.00 bits per heavy atom. The molecule has 0 spiro atoms. The highest BCUT2D eigenvalue weighted by Gasteiger charge is 2.14. The van der Waals surface area contributed by atoms with Crippen LogP contribution in [0.4, 0.5) is 0 Å². The van der Waals surface area contributed by atoms with Gasteiger partial charge in [-0.15, -0.1) is 0 Å². The molecule has 0 N–H and O–H groups in total. The molecule has 0 unspecified atom stereocenters. The van der Waals surface area contributed by atoms with Gasteiger partial charge in [0.1, 0.15) is 6.54 Å². The van der Waals surface area contributed by atoms with Crippen molar-refractivity contribution in [2.24, 2.45) is 0 Å². The van der Waals surface area contributed by atoms with Gasteiger partial charge in [0, 0.05) is 5.56 Å². The molecule has 0 radical (unpaired) electrons. The quantitative estimate of drug-likeness (QED) is 0.519. The molecule has 0 atom stereocenters. The number of hydrogen-bond donors (Lipinski definition) is 0. The van der Waals surface area contributed by atoms with Crippen LogP contribution in [0.3, 0.4) is 0 Å². The van der Waals surface area contributed by atoms with Gasteiger partial charge in [-0.05, 0) is 33.5 Å². The number of rotatable bonds is 7. The maximum atomic E-state index is 2.32. The zero-order valence-electron chi connectivity index (χ0n) is 11.8. The standard InChI is InChI=1S/C15H27N2/c1-16(2)12-8-9-13-17(3,4)14-15-10-6-5-7-11-15/h5-7,10-11H,8-9,12-14H2,1-4H3/q+1. The number of nitrogens with zero attached hydrogens (tertiary/aromatic N) is 2. The van der Waals surface area contributed by atoms with E-state index >= 15 is 0 Å². The average Bonchev–Trinajstić information content (AvgIpc) is 2.25. The molecule has 0 saturated carbocycles. The number of benzene rings is 1. The zero-order chi connectivity index (χ0) is 12.7. The molecule has 0 heterocycles. The van der Waals surface area contributed by atoms with Crippen LogP contribution in [0.5, 0.6) is 0 Å². The summed E-state index contributed by atoms with van der Waals surface area (Å²) in [5.41, 5.74) is 1.44. The molecule has 0 aromatic heterocycles. The maximum Gasteiger partial charge on any atom is 0.104 e. The number of quaternary nitrogens is 1. The second kappa shape index (κ2) is 6.77. The second-order valence-electron chi connectivity index (χ2n) is 5.81. The van der Waals surface area contributed by atoms with Crippen molar-refractivity contribution in [1.82, 2.24) is 4.90 Å². The third-order valence-electron chi connectivity index (χ3n) is 3.07. The first-order valence-corrected chi connectivity index (χ1v) is 6.50. The summed E-state index contributed by atoms with van der Waals surface area (Å²) in [7, 11) is 8.93. The van der Waals surface area contributed by atoms with Crippen LogP contribution in [0.25, 0.3) is 0 Å². The van der Waals surface area contributed by atoms with Crippen LogP contribution in [-0.4, -0.2) is 50.7 Å². The van der Waals surface area contributed by atoms with E-state index < -0.39 is 0 Å². The summed E-state index contributed by atoms with van der Waals surface area (Å²) in [6.45, 7) is 3.58. The first kappa shape index (κ1) is 14.2. The second-order valence-corrected chi connectivity index (χ2v) is 5.81. The van der Waals surface area contributed by atoms with Crippen molar-refractivity contribution in [3.8, 4) is 0 Å². The van der Waals surface area contributed by atoms with Crippen molar-refractivity contribution in [2.75, 3.05) is 41.3 Å². The Balaban J connectivity index is 2.31. The molecule has 0 saturated heterocycles. The molecule has 0 aliphatic heterocycles. The minimum Gasteiger partial charge on any atom is -0.325 e. The Kier molecular flexibility index (Phi) is 5.66. The minimum atomic E-state index is 1.08.